The van der Waals surface area contributed by atoms with Crippen molar-refractivity contribution in [1.29, 1.82) is 0 Å². The van der Waals surface area contributed by atoms with E-state index in [0.717, 1.165) is 22.1 Å². The molecule has 74 valence electrons. The van der Waals surface area contributed by atoms with Crippen molar-refractivity contribution in [2.24, 2.45) is 0 Å². The van der Waals surface area contributed by atoms with Crippen molar-refractivity contribution in [2.75, 3.05) is 0 Å². The van der Waals surface area contributed by atoms with Crippen LogP contribution in [0.4, 0.5) is 0 Å². The average molecular weight is 215 g/mol. The van der Waals surface area contributed by atoms with E-state index < -0.39 is 0 Å². The molecule has 0 saturated carbocycles. The molecule has 0 radical (unpaired) electrons. The van der Waals surface area contributed by atoms with Gasteiger partial charge in [-0.05, 0) is 19.8 Å². The van der Waals surface area contributed by atoms with Crippen molar-refractivity contribution in [3.8, 4) is 11.8 Å². The predicted molar refractivity (Wildman–Crippen MR) is 59.6 cm³/mol. The molecule has 2 rings (SSSR count). The monoisotopic (exact) mass is 215 g/mol. The van der Waals surface area contributed by atoms with E-state index in [-0.39, 0.29) is 0 Å². The fraction of sp³-hybridized carbons (Fsp3) is 0.182. The van der Waals surface area contributed by atoms with Crippen LogP contribution in [0.3, 0.4) is 0 Å². The number of aryl methyl sites for hydroxylation is 2. The zero-order chi connectivity index (χ0) is 10.7. The van der Waals surface area contributed by atoms with E-state index in [2.05, 4.69) is 26.8 Å². The maximum absolute atomic E-state index is 4.25. The van der Waals surface area contributed by atoms with E-state index in [9.17, 15) is 0 Å². The van der Waals surface area contributed by atoms with Gasteiger partial charge in [0.1, 0.15) is 11.5 Å². The second-order valence-electron chi connectivity index (χ2n) is 3.02. The van der Waals surface area contributed by atoms with Crippen LogP contribution in [0.25, 0.3) is 0 Å². The first-order valence-corrected chi connectivity index (χ1v) is 5.35. The highest BCUT2D eigenvalue weighted by molar-refractivity contribution is 7.09. The molecule has 4 heteroatoms. The third kappa shape index (κ3) is 2.61. The van der Waals surface area contributed by atoms with Crippen molar-refractivity contribution in [3.05, 3.63) is 39.9 Å². The van der Waals surface area contributed by atoms with Gasteiger partial charge in [-0.3, -0.25) is 0 Å². The van der Waals surface area contributed by atoms with E-state index >= 15 is 0 Å². The average Bonchev–Trinajstić information content (AvgIpc) is 2.64. The van der Waals surface area contributed by atoms with Crippen LogP contribution in [0.15, 0.2) is 17.8 Å². The summed E-state index contributed by atoms with van der Waals surface area (Å²) >= 11 is 1.60. The van der Waals surface area contributed by atoms with E-state index in [0.29, 0.717) is 0 Å². The van der Waals surface area contributed by atoms with Gasteiger partial charge in [-0.25, -0.2) is 15.0 Å². The normalized spacial score (nSPS) is 9.47. The zero-order valence-corrected chi connectivity index (χ0v) is 9.30. The van der Waals surface area contributed by atoms with Gasteiger partial charge in [-0.15, -0.1) is 11.3 Å². The molecule has 0 amide bonds. The van der Waals surface area contributed by atoms with Gasteiger partial charge in [-0.2, -0.15) is 0 Å². The van der Waals surface area contributed by atoms with Crippen LogP contribution in [-0.4, -0.2) is 15.0 Å². The smallest absolute Gasteiger partial charge is 0.125 e. The molecule has 0 aromatic carbocycles. The lowest BCUT2D eigenvalue weighted by atomic mass is 10.3. The quantitative estimate of drug-likeness (QED) is 0.630. The first kappa shape index (κ1) is 9.81. The zero-order valence-electron chi connectivity index (χ0n) is 8.48. The van der Waals surface area contributed by atoms with Gasteiger partial charge >= 0.3 is 0 Å². The minimum absolute atomic E-state index is 0.755. The number of nitrogens with zero attached hydrogens (tertiary/aromatic N) is 3. The molecule has 0 atom stereocenters. The molecule has 0 aliphatic heterocycles. The summed E-state index contributed by atoms with van der Waals surface area (Å²) in [4.78, 5) is 12.4. The SMILES string of the molecule is Cc1ncc(C#Cc2csc(C)n2)cn1. The number of hydrogen-bond donors (Lipinski definition) is 0. The topological polar surface area (TPSA) is 38.7 Å². The lowest BCUT2D eigenvalue weighted by molar-refractivity contribution is 1.05. The summed E-state index contributed by atoms with van der Waals surface area (Å²) in [5.74, 6) is 6.70. The molecule has 0 N–H and O–H groups in total. The Morgan fingerprint density at radius 1 is 1.13 bits per heavy atom. The standard InChI is InChI=1S/C11H9N3S/c1-8-12-5-10(6-13-8)3-4-11-7-15-9(2)14-11/h5-7H,1-2H3. The van der Waals surface area contributed by atoms with Crippen molar-refractivity contribution in [3.63, 3.8) is 0 Å². The van der Waals surface area contributed by atoms with Gasteiger partial charge in [0.25, 0.3) is 0 Å². The Balaban J connectivity index is 2.22. The van der Waals surface area contributed by atoms with Gasteiger partial charge in [-0.1, -0.05) is 5.92 Å². The van der Waals surface area contributed by atoms with Crippen molar-refractivity contribution in [2.45, 2.75) is 13.8 Å². The summed E-state index contributed by atoms with van der Waals surface area (Å²) in [6.45, 7) is 3.81. The van der Waals surface area contributed by atoms with Crippen molar-refractivity contribution in [1.82, 2.24) is 15.0 Å². The third-order valence-electron chi connectivity index (χ3n) is 1.73. The van der Waals surface area contributed by atoms with Gasteiger partial charge in [0.15, 0.2) is 0 Å². The Morgan fingerprint density at radius 3 is 2.47 bits per heavy atom. The van der Waals surface area contributed by atoms with Crippen molar-refractivity contribution < 1.29 is 0 Å². The van der Waals surface area contributed by atoms with Gasteiger partial charge in [0.2, 0.25) is 0 Å². The van der Waals surface area contributed by atoms with Gasteiger partial charge in [0.05, 0.1) is 10.6 Å². The van der Waals surface area contributed by atoms with Gasteiger partial charge < -0.3 is 0 Å². The number of rotatable bonds is 0. The minimum Gasteiger partial charge on any atom is -0.240 e. The van der Waals surface area contributed by atoms with Crippen molar-refractivity contribution >= 4 is 11.3 Å². The molecule has 0 bridgehead atoms. The first-order chi connectivity index (χ1) is 7.24. The Kier molecular flexibility index (Phi) is 2.75. The lowest BCUT2D eigenvalue weighted by Gasteiger charge is -1.89. The molecule has 2 heterocycles. The second-order valence-corrected chi connectivity index (χ2v) is 4.08. The minimum atomic E-state index is 0.755. The highest BCUT2D eigenvalue weighted by Crippen LogP contribution is 2.06. The Labute approximate surface area is 92.2 Å². The largest absolute Gasteiger partial charge is 0.240 e. The van der Waals surface area contributed by atoms with Crippen LogP contribution in [0.2, 0.25) is 0 Å². The maximum atomic E-state index is 4.25. The second kappa shape index (κ2) is 4.20. The van der Waals surface area contributed by atoms with Crippen LogP contribution in [0.5, 0.6) is 0 Å². The molecule has 2 aromatic rings. The van der Waals surface area contributed by atoms with E-state index in [1.807, 2.05) is 19.2 Å². The summed E-state index contributed by atoms with van der Waals surface area (Å²) in [5.41, 5.74) is 1.62. The van der Waals surface area contributed by atoms with Crippen LogP contribution in [0, 0.1) is 25.7 Å². The predicted octanol–water partition coefficient (Wildman–Crippen LogP) is 1.95. The molecular formula is C11H9N3S. The fourth-order valence-corrected chi connectivity index (χ4v) is 1.56. The Hall–Kier alpha value is -1.73. The molecule has 0 saturated heterocycles. The maximum Gasteiger partial charge on any atom is 0.125 e. The summed E-state index contributed by atoms with van der Waals surface area (Å²) in [6, 6.07) is 0. The number of aromatic nitrogens is 3. The highest BCUT2D eigenvalue weighted by atomic mass is 32.1. The van der Waals surface area contributed by atoms with Crippen LogP contribution >= 0.6 is 11.3 Å². The Morgan fingerprint density at radius 2 is 1.87 bits per heavy atom. The molecule has 0 aliphatic carbocycles. The number of thiazole rings is 1. The summed E-state index contributed by atoms with van der Waals surface area (Å²) in [7, 11) is 0. The molecule has 15 heavy (non-hydrogen) atoms. The molecule has 0 spiro atoms. The molecule has 2 aromatic heterocycles. The molecule has 0 aliphatic rings. The number of hydrogen-bond acceptors (Lipinski definition) is 4. The van der Waals surface area contributed by atoms with E-state index in [1.165, 1.54) is 0 Å². The van der Waals surface area contributed by atoms with Crippen LogP contribution < -0.4 is 0 Å². The summed E-state index contributed by atoms with van der Waals surface area (Å²) in [5, 5.41) is 2.97. The molecular weight excluding hydrogens is 206 g/mol. The van der Waals surface area contributed by atoms with E-state index in [1.54, 1.807) is 23.7 Å². The van der Waals surface area contributed by atoms with E-state index in [4.69, 9.17) is 0 Å². The summed E-state index contributed by atoms with van der Waals surface area (Å²) in [6.07, 6.45) is 3.43. The molecule has 3 nitrogen and oxygen atoms in total. The summed E-state index contributed by atoms with van der Waals surface area (Å²) < 4.78 is 0. The first-order valence-electron chi connectivity index (χ1n) is 4.47. The fourth-order valence-electron chi connectivity index (χ4n) is 1.01. The molecule has 0 unspecified atom stereocenters. The van der Waals surface area contributed by atoms with Crippen LogP contribution in [0.1, 0.15) is 22.1 Å². The van der Waals surface area contributed by atoms with Crippen LogP contribution in [-0.2, 0) is 0 Å². The lowest BCUT2D eigenvalue weighted by Crippen LogP contribution is -1.87. The Bertz CT molecular complexity index is 517. The highest BCUT2D eigenvalue weighted by Gasteiger charge is 1.93. The van der Waals surface area contributed by atoms with Gasteiger partial charge in [0, 0.05) is 17.8 Å². The third-order valence-corrected chi connectivity index (χ3v) is 2.51. The molecule has 0 fully saturated rings.